The minimum absolute atomic E-state index is 0.137. The maximum Gasteiger partial charge on any atom is 0.340 e. The molecule has 1 atom stereocenters. The number of nitrogens with one attached hydrogen (secondary N) is 2. The molecule has 3 amide bonds. The fourth-order valence-electron chi connectivity index (χ4n) is 4.37. The quantitative estimate of drug-likeness (QED) is 0.244. The Morgan fingerprint density at radius 3 is 2.35 bits per heavy atom. The second-order valence-electron chi connectivity index (χ2n) is 9.41. The Kier molecular flexibility index (Phi) is 9.65. The number of alkyl halides is 1. The van der Waals surface area contributed by atoms with E-state index < -0.39 is 36.4 Å². The van der Waals surface area contributed by atoms with E-state index in [4.69, 9.17) is 5.11 Å². The third-order valence-electron chi connectivity index (χ3n) is 6.47. The fourth-order valence-corrected chi connectivity index (χ4v) is 4.83. The second-order valence-corrected chi connectivity index (χ2v) is 10.3. The normalized spacial score (nSPS) is 13.6. The van der Waals surface area contributed by atoms with Crippen LogP contribution in [0.15, 0.2) is 77.3 Å². The van der Waals surface area contributed by atoms with Crippen LogP contribution in [0.3, 0.4) is 0 Å². The third-order valence-corrected chi connectivity index (χ3v) is 6.92. The van der Waals surface area contributed by atoms with Crippen molar-refractivity contribution in [3.05, 3.63) is 99.8 Å². The molecule has 0 radical (unpaired) electrons. The molecule has 0 spiro atoms. The van der Waals surface area contributed by atoms with Gasteiger partial charge in [-0.15, -0.1) is 0 Å². The Morgan fingerprint density at radius 2 is 1.73 bits per heavy atom. The lowest BCUT2D eigenvalue weighted by Crippen LogP contribution is -2.35. The van der Waals surface area contributed by atoms with Crippen molar-refractivity contribution in [2.45, 2.75) is 38.4 Å². The predicted molar refractivity (Wildman–Crippen MR) is 153 cm³/mol. The molecule has 0 heterocycles. The fraction of sp³-hybridized carbons (Fsp3) is 0.233. The summed E-state index contributed by atoms with van der Waals surface area (Å²) >= 11 is 3.24. The van der Waals surface area contributed by atoms with E-state index in [1.54, 1.807) is 18.2 Å². The third kappa shape index (κ3) is 7.75. The summed E-state index contributed by atoms with van der Waals surface area (Å²) in [5, 5.41) is 13.6. The first kappa shape index (κ1) is 28.9. The Balaban J connectivity index is 1.54. The summed E-state index contributed by atoms with van der Waals surface area (Å²) in [4.78, 5) is 37.8. The molecule has 10 heteroatoms. The number of anilines is 2. The van der Waals surface area contributed by atoms with Gasteiger partial charge in [0.2, 0.25) is 6.17 Å². The highest BCUT2D eigenvalue weighted by Gasteiger charge is 2.20. The zero-order valence-corrected chi connectivity index (χ0v) is 23.1. The van der Waals surface area contributed by atoms with Crippen LogP contribution >= 0.6 is 15.9 Å². The highest BCUT2D eigenvalue weighted by Crippen LogP contribution is 2.29. The molecule has 1 aliphatic rings. The molecule has 7 nitrogen and oxygen atoms in total. The van der Waals surface area contributed by atoms with Gasteiger partial charge in [-0.2, -0.15) is 0 Å². The first-order chi connectivity index (χ1) is 19.2. The van der Waals surface area contributed by atoms with Crippen LogP contribution in [0.25, 0.3) is 5.57 Å². The van der Waals surface area contributed by atoms with E-state index in [0.717, 1.165) is 24.8 Å². The zero-order valence-electron chi connectivity index (χ0n) is 21.5. The molecular weight excluding hydrogens is 584 g/mol. The Bertz CT molecular complexity index is 1390. The van der Waals surface area contributed by atoms with Crippen LogP contribution in [0.1, 0.15) is 47.2 Å². The molecule has 4 rings (SSSR count). The average Bonchev–Trinajstić information content (AvgIpc) is 2.94. The van der Waals surface area contributed by atoms with E-state index in [-0.39, 0.29) is 17.8 Å². The van der Waals surface area contributed by atoms with Crippen molar-refractivity contribution in [2.75, 3.05) is 16.8 Å². The lowest BCUT2D eigenvalue weighted by Gasteiger charge is -2.24. The molecule has 3 aromatic rings. The topological polar surface area (TPSA) is 98.7 Å². The standard InChI is InChI=1S/C30H28BrF2N3O4/c31-23-14-24(32)16-25(15-23)35-30(40)36(26-12-10-21(11-13-26)20-4-2-1-3-5-20)18-19-6-8-22(9-7-19)28(37)34-17-27(33)29(38)39/h4,6-16,27H,1-3,5,17-18H2,(H,34,37)(H,35,40)(H,38,39). The molecular formula is C30H28BrF2N3O4. The zero-order chi connectivity index (χ0) is 28.6. The summed E-state index contributed by atoms with van der Waals surface area (Å²) in [6, 6.07) is 17.6. The highest BCUT2D eigenvalue weighted by molar-refractivity contribution is 9.10. The van der Waals surface area contributed by atoms with Gasteiger partial charge in [-0.1, -0.05) is 46.3 Å². The SMILES string of the molecule is O=C(NCC(F)C(=O)O)c1ccc(CN(C(=O)Nc2cc(F)cc(Br)c2)c2ccc(C3=CCCCC3)cc2)cc1. The lowest BCUT2D eigenvalue weighted by atomic mass is 9.93. The lowest BCUT2D eigenvalue weighted by molar-refractivity contribution is -0.142. The van der Waals surface area contributed by atoms with Crippen LogP contribution < -0.4 is 15.5 Å². The molecule has 0 aromatic heterocycles. The van der Waals surface area contributed by atoms with Gasteiger partial charge in [0.15, 0.2) is 0 Å². The maximum atomic E-state index is 13.9. The van der Waals surface area contributed by atoms with Crippen molar-refractivity contribution in [1.82, 2.24) is 5.32 Å². The molecule has 0 bridgehead atoms. The van der Waals surface area contributed by atoms with Crippen molar-refractivity contribution in [3.63, 3.8) is 0 Å². The average molecular weight is 612 g/mol. The number of carbonyl (C=O) groups is 3. The van der Waals surface area contributed by atoms with E-state index in [2.05, 4.69) is 32.6 Å². The van der Waals surface area contributed by atoms with Crippen molar-refractivity contribution in [2.24, 2.45) is 0 Å². The number of rotatable bonds is 9. The number of allylic oxidation sites excluding steroid dienone is 2. The number of hydrogen-bond donors (Lipinski definition) is 3. The number of hydrogen-bond acceptors (Lipinski definition) is 3. The van der Waals surface area contributed by atoms with Gasteiger partial charge in [-0.05, 0) is 84.8 Å². The first-order valence-corrected chi connectivity index (χ1v) is 13.6. The Labute approximate surface area is 239 Å². The molecule has 208 valence electrons. The van der Waals surface area contributed by atoms with Gasteiger partial charge < -0.3 is 15.7 Å². The smallest absolute Gasteiger partial charge is 0.340 e. The minimum atomic E-state index is -2.20. The van der Waals surface area contributed by atoms with Gasteiger partial charge in [0.05, 0.1) is 13.1 Å². The molecule has 0 aliphatic heterocycles. The number of urea groups is 1. The minimum Gasteiger partial charge on any atom is -0.479 e. The summed E-state index contributed by atoms with van der Waals surface area (Å²) in [6.07, 6.45) is 4.45. The van der Waals surface area contributed by atoms with E-state index >= 15 is 0 Å². The summed E-state index contributed by atoms with van der Waals surface area (Å²) in [6.45, 7) is -0.509. The summed E-state index contributed by atoms with van der Waals surface area (Å²) in [5.74, 6) is -2.77. The number of nitrogens with zero attached hydrogens (tertiary/aromatic N) is 1. The van der Waals surface area contributed by atoms with E-state index in [9.17, 15) is 23.2 Å². The number of benzene rings is 3. The largest absolute Gasteiger partial charge is 0.479 e. The van der Waals surface area contributed by atoms with Crippen LogP contribution in [-0.4, -0.2) is 35.7 Å². The van der Waals surface area contributed by atoms with Crippen molar-refractivity contribution >= 4 is 50.8 Å². The van der Waals surface area contributed by atoms with Gasteiger partial charge in [-0.25, -0.2) is 18.4 Å². The molecule has 0 saturated carbocycles. The van der Waals surface area contributed by atoms with Crippen molar-refractivity contribution in [1.29, 1.82) is 0 Å². The van der Waals surface area contributed by atoms with Gasteiger partial charge in [-0.3, -0.25) is 9.69 Å². The van der Waals surface area contributed by atoms with Crippen molar-refractivity contribution in [3.8, 4) is 0 Å². The number of carboxylic acids is 1. The molecule has 1 unspecified atom stereocenters. The number of aliphatic carboxylic acids is 1. The molecule has 1 aliphatic carbocycles. The number of carbonyl (C=O) groups excluding carboxylic acids is 2. The van der Waals surface area contributed by atoms with Crippen LogP contribution in [-0.2, 0) is 11.3 Å². The Hall–Kier alpha value is -4.05. The monoisotopic (exact) mass is 611 g/mol. The van der Waals surface area contributed by atoms with Crippen LogP contribution in [0.4, 0.5) is 25.0 Å². The van der Waals surface area contributed by atoms with E-state index in [0.29, 0.717) is 15.7 Å². The van der Waals surface area contributed by atoms with Gasteiger partial charge in [0.1, 0.15) is 5.82 Å². The molecule has 0 saturated heterocycles. The second kappa shape index (κ2) is 13.3. The molecule has 40 heavy (non-hydrogen) atoms. The summed E-state index contributed by atoms with van der Waals surface area (Å²) in [5.41, 5.74) is 4.21. The van der Waals surface area contributed by atoms with Crippen LogP contribution in [0.5, 0.6) is 0 Å². The summed E-state index contributed by atoms with van der Waals surface area (Å²) < 4.78 is 27.7. The number of halogens is 3. The van der Waals surface area contributed by atoms with Gasteiger partial charge in [0, 0.05) is 21.4 Å². The van der Waals surface area contributed by atoms with E-state index in [1.165, 1.54) is 41.2 Å². The van der Waals surface area contributed by atoms with Gasteiger partial charge >= 0.3 is 12.0 Å². The molecule has 0 fully saturated rings. The first-order valence-electron chi connectivity index (χ1n) is 12.8. The highest BCUT2D eigenvalue weighted by atomic mass is 79.9. The predicted octanol–water partition coefficient (Wildman–Crippen LogP) is 6.94. The van der Waals surface area contributed by atoms with E-state index in [1.807, 2.05) is 24.3 Å². The molecule has 3 N–H and O–H groups in total. The van der Waals surface area contributed by atoms with Crippen LogP contribution in [0, 0.1) is 5.82 Å². The van der Waals surface area contributed by atoms with Crippen molar-refractivity contribution < 1.29 is 28.3 Å². The Morgan fingerprint density at radius 1 is 1.00 bits per heavy atom. The molecule has 3 aromatic carbocycles. The number of amides is 3. The van der Waals surface area contributed by atoms with Crippen LogP contribution in [0.2, 0.25) is 0 Å². The van der Waals surface area contributed by atoms with Gasteiger partial charge in [0.25, 0.3) is 5.91 Å². The number of carboxylic acid groups (broad SMARTS) is 1. The summed E-state index contributed by atoms with van der Waals surface area (Å²) in [7, 11) is 0. The maximum absolute atomic E-state index is 13.9.